The largest absolute Gasteiger partial charge is 0.363 e. The average Bonchev–Trinajstić information content (AvgIpc) is 2.36. The molecule has 0 radical (unpaired) electrons. The minimum atomic E-state index is -3.64. The first kappa shape index (κ1) is 15.9. The Hall–Kier alpha value is -1.51. The Kier molecular flexibility index (Phi) is 4.60. The van der Waals surface area contributed by atoms with E-state index >= 15 is 0 Å². The van der Waals surface area contributed by atoms with Crippen molar-refractivity contribution in [2.24, 2.45) is 0 Å². The molecule has 1 atom stereocenters. The minimum absolute atomic E-state index is 0.138. The molecule has 0 N–H and O–H groups in total. The first-order chi connectivity index (χ1) is 9.76. The Labute approximate surface area is 122 Å². The van der Waals surface area contributed by atoms with Crippen LogP contribution in [0, 0.1) is 5.82 Å². The maximum absolute atomic E-state index is 13.3. The van der Waals surface area contributed by atoms with Gasteiger partial charge in [-0.2, -0.15) is 8.42 Å². The van der Waals surface area contributed by atoms with Crippen LogP contribution in [0.15, 0.2) is 18.2 Å². The molecule has 1 fully saturated rings. The molecular weight excluding hydrogens is 301 g/mol. The third-order valence-corrected chi connectivity index (χ3v) is 3.56. The Bertz CT molecular complexity index is 646. The van der Waals surface area contributed by atoms with Gasteiger partial charge in [0.1, 0.15) is 5.82 Å². The highest BCUT2D eigenvalue weighted by Gasteiger charge is 2.26. The molecule has 1 saturated heterocycles. The Morgan fingerprint density at radius 1 is 1.48 bits per heavy atom. The second-order valence-electron chi connectivity index (χ2n) is 4.76. The van der Waals surface area contributed by atoms with Gasteiger partial charge in [-0.05, 0) is 25.1 Å². The van der Waals surface area contributed by atoms with Gasteiger partial charge in [0.05, 0.1) is 19.4 Å². The van der Waals surface area contributed by atoms with Gasteiger partial charge >= 0.3 is 0 Å². The maximum Gasteiger partial charge on any atom is 0.266 e. The summed E-state index contributed by atoms with van der Waals surface area (Å²) in [6, 6.07) is 3.91. The van der Waals surface area contributed by atoms with Crippen LogP contribution in [0.5, 0.6) is 0 Å². The van der Waals surface area contributed by atoms with E-state index in [2.05, 4.69) is 0 Å². The number of benzene rings is 1. The molecule has 21 heavy (non-hydrogen) atoms. The third-order valence-electron chi connectivity index (χ3n) is 3.00. The van der Waals surface area contributed by atoms with Crippen molar-refractivity contribution in [2.45, 2.75) is 13.2 Å². The smallest absolute Gasteiger partial charge is 0.266 e. The second kappa shape index (κ2) is 6.08. The van der Waals surface area contributed by atoms with E-state index < -0.39 is 22.2 Å². The average molecular weight is 317 g/mol. The molecule has 1 aromatic rings. The van der Waals surface area contributed by atoms with Crippen LogP contribution in [0.25, 0.3) is 0 Å². The van der Waals surface area contributed by atoms with Crippen molar-refractivity contribution in [1.29, 1.82) is 0 Å². The van der Waals surface area contributed by atoms with Gasteiger partial charge in [0.2, 0.25) is 0 Å². The summed E-state index contributed by atoms with van der Waals surface area (Å²) in [6.07, 6.45) is -0.00704. The topological polar surface area (TPSA) is 72.9 Å². The van der Waals surface area contributed by atoms with Crippen LogP contribution in [-0.4, -0.2) is 46.4 Å². The highest BCUT2D eigenvalue weighted by molar-refractivity contribution is 7.86. The van der Waals surface area contributed by atoms with Gasteiger partial charge in [-0.3, -0.25) is 4.79 Å². The van der Waals surface area contributed by atoms with Crippen molar-refractivity contribution < 1.29 is 26.5 Å². The summed E-state index contributed by atoms with van der Waals surface area (Å²) in [7, 11) is -3.64. The molecule has 1 aliphatic heterocycles. The zero-order chi connectivity index (χ0) is 15.6. The number of rotatable bonds is 4. The summed E-state index contributed by atoms with van der Waals surface area (Å²) in [5.41, 5.74) is 0.782. The van der Waals surface area contributed by atoms with Crippen molar-refractivity contribution in [1.82, 2.24) is 0 Å². The minimum Gasteiger partial charge on any atom is -0.363 e. The predicted molar refractivity (Wildman–Crippen MR) is 74.3 cm³/mol. The van der Waals surface area contributed by atoms with Crippen molar-refractivity contribution >= 4 is 21.6 Å². The number of carbonyl (C=O) groups is 1. The zero-order valence-corrected chi connectivity index (χ0v) is 12.5. The van der Waals surface area contributed by atoms with Crippen LogP contribution >= 0.6 is 0 Å². The predicted octanol–water partition coefficient (Wildman–Crippen LogP) is 1.17. The number of hydrogen-bond acceptors (Lipinski definition) is 6. The molecule has 0 bridgehead atoms. The molecule has 1 heterocycles. The SMILES string of the molecule is CC(=O)c1cc(F)ccc1N1CCO[C@H](OS(C)(=O)=O)C1. The van der Waals surface area contributed by atoms with Gasteiger partial charge in [-0.1, -0.05) is 0 Å². The number of morpholine rings is 1. The second-order valence-corrected chi connectivity index (χ2v) is 6.37. The summed E-state index contributed by atoms with van der Waals surface area (Å²) in [5, 5.41) is 0. The molecule has 0 aromatic heterocycles. The van der Waals surface area contributed by atoms with E-state index in [0.29, 0.717) is 12.2 Å². The number of carbonyl (C=O) groups excluding carboxylic acids is 1. The van der Waals surface area contributed by atoms with Crippen LogP contribution < -0.4 is 4.90 Å². The Balaban J connectivity index is 2.24. The van der Waals surface area contributed by atoms with Crippen molar-refractivity contribution in [3.8, 4) is 0 Å². The monoisotopic (exact) mass is 317 g/mol. The molecule has 0 spiro atoms. The molecule has 2 rings (SSSR count). The fourth-order valence-corrected chi connectivity index (χ4v) is 2.66. The number of ether oxygens (including phenoxy) is 1. The summed E-state index contributed by atoms with van der Waals surface area (Å²) in [6.45, 7) is 2.19. The Morgan fingerprint density at radius 2 is 2.19 bits per heavy atom. The highest BCUT2D eigenvalue weighted by Crippen LogP contribution is 2.25. The number of hydrogen-bond donors (Lipinski definition) is 0. The first-order valence-electron chi connectivity index (χ1n) is 6.31. The van der Waals surface area contributed by atoms with Gasteiger partial charge in [0.25, 0.3) is 10.1 Å². The lowest BCUT2D eigenvalue weighted by Gasteiger charge is -2.34. The molecule has 0 unspecified atom stereocenters. The zero-order valence-electron chi connectivity index (χ0n) is 11.7. The lowest BCUT2D eigenvalue weighted by Crippen LogP contribution is -2.44. The van der Waals surface area contributed by atoms with Crippen molar-refractivity contribution in [2.75, 3.05) is 30.9 Å². The van der Waals surface area contributed by atoms with Gasteiger partial charge in [0, 0.05) is 17.8 Å². The summed E-state index contributed by atoms with van der Waals surface area (Å²) in [4.78, 5) is 13.4. The van der Waals surface area contributed by atoms with E-state index in [9.17, 15) is 17.6 Å². The number of Topliss-reactive ketones (excluding diaryl/α,β-unsaturated/α-hetero) is 1. The van der Waals surface area contributed by atoms with Gasteiger partial charge in [-0.25, -0.2) is 8.57 Å². The molecule has 8 heteroatoms. The van der Waals surface area contributed by atoms with E-state index in [1.165, 1.54) is 25.1 Å². The first-order valence-corrected chi connectivity index (χ1v) is 8.13. The molecule has 1 aliphatic rings. The van der Waals surface area contributed by atoms with Gasteiger partial charge in [0.15, 0.2) is 12.1 Å². The van der Waals surface area contributed by atoms with E-state index in [1.54, 1.807) is 4.90 Å². The number of nitrogens with zero attached hydrogens (tertiary/aromatic N) is 1. The van der Waals surface area contributed by atoms with E-state index in [1.807, 2.05) is 0 Å². The normalized spacial score (nSPS) is 19.6. The molecule has 1 aromatic carbocycles. The highest BCUT2D eigenvalue weighted by atomic mass is 32.2. The number of ketones is 1. The molecule has 0 saturated carbocycles. The molecule has 116 valence electrons. The van der Waals surface area contributed by atoms with Crippen LogP contribution in [-0.2, 0) is 19.0 Å². The maximum atomic E-state index is 13.3. The van der Waals surface area contributed by atoms with Gasteiger partial charge in [-0.15, -0.1) is 0 Å². The Morgan fingerprint density at radius 3 is 2.81 bits per heavy atom. The molecule has 6 nitrogen and oxygen atoms in total. The molecular formula is C13H16FNO5S. The van der Waals surface area contributed by atoms with Crippen LogP contribution in [0.1, 0.15) is 17.3 Å². The molecule has 0 aliphatic carbocycles. The van der Waals surface area contributed by atoms with E-state index in [0.717, 1.165) is 6.26 Å². The fourth-order valence-electron chi connectivity index (χ4n) is 2.16. The lowest BCUT2D eigenvalue weighted by molar-refractivity contribution is -0.0822. The van der Waals surface area contributed by atoms with Gasteiger partial charge < -0.3 is 9.64 Å². The van der Waals surface area contributed by atoms with E-state index in [-0.39, 0.29) is 24.5 Å². The summed E-state index contributed by atoms with van der Waals surface area (Å²) >= 11 is 0. The van der Waals surface area contributed by atoms with Crippen LogP contribution in [0.3, 0.4) is 0 Å². The number of halogens is 1. The van der Waals surface area contributed by atoms with Crippen molar-refractivity contribution in [3.63, 3.8) is 0 Å². The summed E-state index contributed by atoms with van der Waals surface area (Å²) in [5.74, 6) is -0.766. The lowest BCUT2D eigenvalue weighted by atomic mass is 10.1. The van der Waals surface area contributed by atoms with Crippen molar-refractivity contribution in [3.05, 3.63) is 29.6 Å². The third kappa shape index (κ3) is 4.23. The summed E-state index contributed by atoms with van der Waals surface area (Å²) < 4.78 is 45.6. The standard InChI is InChI=1S/C13H16FNO5S/c1-9(16)11-7-10(14)3-4-12(11)15-5-6-19-13(8-15)20-21(2,17)18/h3-4,7,13H,5-6,8H2,1-2H3/t13-/m1/s1. The van der Waals surface area contributed by atoms with Crippen LogP contribution in [0.4, 0.5) is 10.1 Å². The molecule has 0 amide bonds. The van der Waals surface area contributed by atoms with Crippen LogP contribution in [0.2, 0.25) is 0 Å². The quantitative estimate of drug-likeness (QED) is 0.613. The fraction of sp³-hybridized carbons (Fsp3) is 0.462. The number of anilines is 1. The van der Waals surface area contributed by atoms with E-state index in [4.69, 9.17) is 8.92 Å².